The first-order valence-electron chi connectivity index (χ1n) is 8.93. The van der Waals surface area contributed by atoms with E-state index in [0.717, 1.165) is 11.3 Å². The number of imide groups is 1. The topological polar surface area (TPSA) is 58.6 Å². The molecule has 0 saturated carbocycles. The predicted octanol–water partition coefficient (Wildman–Crippen LogP) is 5.26. The first-order chi connectivity index (χ1) is 13.4. The van der Waals surface area contributed by atoms with Crippen molar-refractivity contribution in [1.82, 2.24) is 10.2 Å². The minimum absolute atomic E-state index is 0.0516. The quantitative estimate of drug-likeness (QED) is 0.513. The van der Waals surface area contributed by atoms with Crippen LogP contribution in [0.25, 0.3) is 6.08 Å². The smallest absolute Gasteiger partial charge is 0.329 e. The summed E-state index contributed by atoms with van der Waals surface area (Å²) in [6.45, 7) is 4.09. The van der Waals surface area contributed by atoms with Gasteiger partial charge in [0.1, 0.15) is 11.4 Å². The van der Waals surface area contributed by atoms with E-state index in [4.69, 9.17) is 27.9 Å². The van der Waals surface area contributed by atoms with Crippen LogP contribution >= 0.6 is 23.2 Å². The Labute approximate surface area is 173 Å². The first kappa shape index (κ1) is 20.2. The number of hydrogen-bond acceptors (Lipinski definition) is 3. The van der Waals surface area contributed by atoms with E-state index >= 15 is 0 Å². The van der Waals surface area contributed by atoms with Gasteiger partial charge in [0.25, 0.3) is 5.91 Å². The van der Waals surface area contributed by atoms with Gasteiger partial charge < -0.3 is 10.1 Å². The maximum absolute atomic E-state index is 12.6. The third kappa shape index (κ3) is 4.49. The molecule has 1 fully saturated rings. The molecule has 3 rings (SSSR count). The molecule has 0 unspecified atom stereocenters. The second kappa shape index (κ2) is 8.67. The monoisotopic (exact) mass is 418 g/mol. The number of hydrogen-bond donors (Lipinski definition) is 1. The van der Waals surface area contributed by atoms with Crippen LogP contribution in [0.1, 0.15) is 31.4 Å². The summed E-state index contributed by atoms with van der Waals surface area (Å²) < 4.78 is 5.74. The second-order valence-corrected chi connectivity index (χ2v) is 7.31. The summed E-state index contributed by atoms with van der Waals surface area (Å²) >= 11 is 12.4. The van der Waals surface area contributed by atoms with E-state index in [2.05, 4.69) is 5.32 Å². The number of carbonyl (C=O) groups is 2. The highest BCUT2D eigenvalue weighted by atomic mass is 35.5. The summed E-state index contributed by atoms with van der Waals surface area (Å²) in [4.78, 5) is 26.0. The molecule has 2 aromatic carbocycles. The van der Waals surface area contributed by atoms with Gasteiger partial charge in [0.15, 0.2) is 0 Å². The van der Waals surface area contributed by atoms with E-state index in [1.807, 2.05) is 13.8 Å². The van der Waals surface area contributed by atoms with Gasteiger partial charge in [-0.3, -0.25) is 9.69 Å². The van der Waals surface area contributed by atoms with E-state index in [1.54, 1.807) is 48.5 Å². The number of nitrogens with one attached hydrogen (secondary N) is 1. The summed E-state index contributed by atoms with van der Waals surface area (Å²) in [6.07, 6.45) is 2.51. The Balaban J connectivity index is 1.78. The molecule has 1 aliphatic rings. The average molecular weight is 419 g/mol. The predicted molar refractivity (Wildman–Crippen MR) is 110 cm³/mol. The Morgan fingerprint density at radius 2 is 1.89 bits per heavy atom. The summed E-state index contributed by atoms with van der Waals surface area (Å²) in [5.74, 6) is 0.168. The molecule has 146 valence electrons. The summed E-state index contributed by atoms with van der Waals surface area (Å²) in [5, 5.41) is 3.55. The molecule has 7 heteroatoms. The molecular weight excluding hydrogens is 399 g/mol. The minimum atomic E-state index is -0.487. The molecule has 1 N–H and O–H groups in total. The van der Waals surface area contributed by atoms with Crippen molar-refractivity contribution in [3.63, 3.8) is 0 Å². The third-order valence-electron chi connectivity index (χ3n) is 4.42. The zero-order valence-electron chi connectivity index (χ0n) is 15.5. The molecule has 0 bridgehead atoms. The Hall–Kier alpha value is -2.50. The van der Waals surface area contributed by atoms with E-state index in [0.29, 0.717) is 26.9 Å². The zero-order chi connectivity index (χ0) is 20.3. The number of carbonyl (C=O) groups excluding carboxylic acids is 2. The Bertz CT molecular complexity index is 943. The molecule has 0 aliphatic carbocycles. The summed E-state index contributed by atoms with van der Waals surface area (Å²) in [7, 11) is 0. The van der Waals surface area contributed by atoms with Gasteiger partial charge in [-0.25, -0.2) is 4.79 Å². The number of benzene rings is 2. The van der Waals surface area contributed by atoms with E-state index in [-0.39, 0.29) is 18.3 Å². The maximum atomic E-state index is 12.6. The molecule has 1 atom stereocenters. The van der Waals surface area contributed by atoms with Gasteiger partial charge in [-0.1, -0.05) is 54.4 Å². The molecule has 3 amide bonds. The van der Waals surface area contributed by atoms with Crippen LogP contribution in [0.4, 0.5) is 4.79 Å². The molecular formula is C21H20Cl2N2O3. The highest BCUT2D eigenvalue weighted by Crippen LogP contribution is 2.28. The van der Waals surface area contributed by atoms with Gasteiger partial charge in [-0.2, -0.15) is 0 Å². The molecule has 0 aromatic heterocycles. The largest absolute Gasteiger partial charge is 0.489 e. The molecule has 5 nitrogen and oxygen atoms in total. The van der Waals surface area contributed by atoms with Gasteiger partial charge >= 0.3 is 6.03 Å². The third-order valence-corrected chi connectivity index (χ3v) is 5.08. The van der Waals surface area contributed by atoms with Crippen LogP contribution in [0.5, 0.6) is 5.75 Å². The standard InChI is InChI=1S/C21H20Cl2N2O3/c1-3-13(2)28-19-9-8-14(10-17(19)23)11-18-20(26)25(21(27)24-18)12-15-6-4-5-7-16(15)22/h4-11,13H,3,12H2,1-2H3,(H,24,27)/b18-11-/t13-/m0/s1. The van der Waals surface area contributed by atoms with E-state index in [9.17, 15) is 9.59 Å². The van der Waals surface area contributed by atoms with Crippen LogP contribution in [0.2, 0.25) is 10.0 Å². The first-order valence-corrected chi connectivity index (χ1v) is 9.68. The van der Waals surface area contributed by atoms with Crippen LogP contribution in [0.3, 0.4) is 0 Å². The number of rotatable bonds is 6. The Kier molecular flexibility index (Phi) is 6.27. The van der Waals surface area contributed by atoms with Crippen LogP contribution in [0.15, 0.2) is 48.2 Å². The minimum Gasteiger partial charge on any atom is -0.489 e. The van der Waals surface area contributed by atoms with Crippen molar-refractivity contribution in [1.29, 1.82) is 0 Å². The molecule has 1 heterocycles. The van der Waals surface area contributed by atoms with Crippen molar-refractivity contribution >= 4 is 41.2 Å². The fraction of sp³-hybridized carbons (Fsp3) is 0.238. The van der Waals surface area contributed by atoms with Crippen molar-refractivity contribution in [2.45, 2.75) is 32.9 Å². The van der Waals surface area contributed by atoms with Gasteiger partial charge in [0, 0.05) is 5.02 Å². The van der Waals surface area contributed by atoms with Crippen molar-refractivity contribution in [2.24, 2.45) is 0 Å². The van der Waals surface area contributed by atoms with Crippen LogP contribution in [-0.2, 0) is 11.3 Å². The van der Waals surface area contributed by atoms with Crippen LogP contribution in [0, 0.1) is 0 Å². The maximum Gasteiger partial charge on any atom is 0.329 e. The molecule has 1 aliphatic heterocycles. The highest BCUT2D eigenvalue weighted by molar-refractivity contribution is 6.32. The summed E-state index contributed by atoms with van der Waals surface area (Å²) in [5.41, 5.74) is 1.57. The fourth-order valence-corrected chi connectivity index (χ4v) is 3.11. The van der Waals surface area contributed by atoms with Crippen LogP contribution in [-0.4, -0.2) is 22.9 Å². The Morgan fingerprint density at radius 1 is 1.14 bits per heavy atom. The summed E-state index contributed by atoms with van der Waals surface area (Å²) in [6, 6.07) is 11.8. The highest BCUT2D eigenvalue weighted by Gasteiger charge is 2.33. The van der Waals surface area contributed by atoms with Gasteiger partial charge in [-0.05, 0) is 48.7 Å². The van der Waals surface area contributed by atoms with Crippen molar-refractivity contribution in [3.8, 4) is 5.75 Å². The number of nitrogens with zero attached hydrogens (tertiary/aromatic N) is 1. The van der Waals surface area contributed by atoms with Gasteiger partial charge in [0.2, 0.25) is 0 Å². The number of ether oxygens (including phenoxy) is 1. The van der Waals surface area contributed by atoms with E-state index in [1.165, 1.54) is 0 Å². The zero-order valence-corrected chi connectivity index (χ0v) is 17.1. The van der Waals surface area contributed by atoms with Crippen molar-refractivity contribution in [2.75, 3.05) is 0 Å². The molecule has 0 radical (unpaired) electrons. The fourth-order valence-electron chi connectivity index (χ4n) is 2.68. The lowest BCUT2D eigenvalue weighted by Crippen LogP contribution is -2.30. The van der Waals surface area contributed by atoms with Gasteiger partial charge in [-0.15, -0.1) is 0 Å². The molecule has 28 heavy (non-hydrogen) atoms. The normalized spacial score (nSPS) is 16.4. The molecule has 1 saturated heterocycles. The van der Waals surface area contributed by atoms with Crippen molar-refractivity contribution in [3.05, 3.63) is 69.3 Å². The van der Waals surface area contributed by atoms with Crippen LogP contribution < -0.4 is 10.1 Å². The molecule has 2 aromatic rings. The lowest BCUT2D eigenvalue weighted by atomic mass is 10.1. The Morgan fingerprint density at radius 3 is 2.57 bits per heavy atom. The number of urea groups is 1. The second-order valence-electron chi connectivity index (χ2n) is 6.50. The van der Waals surface area contributed by atoms with Gasteiger partial charge in [0.05, 0.1) is 17.7 Å². The number of halogens is 2. The SMILES string of the molecule is CC[C@H](C)Oc1ccc(/C=C2\NC(=O)N(Cc3ccccc3Cl)C2=O)cc1Cl. The lowest BCUT2D eigenvalue weighted by molar-refractivity contribution is -0.123. The average Bonchev–Trinajstić information content (AvgIpc) is 2.93. The number of amides is 3. The van der Waals surface area contributed by atoms with E-state index < -0.39 is 11.9 Å². The van der Waals surface area contributed by atoms with Crippen molar-refractivity contribution < 1.29 is 14.3 Å². The lowest BCUT2D eigenvalue weighted by Gasteiger charge is -2.14. The molecule has 0 spiro atoms.